The molecule has 0 fully saturated rings. The fraction of sp³-hybridized carbons (Fsp3) is 0.346. The Kier molecular flexibility index (Phi) is 24.6. The topological polar surface area (TPSA) is 460 Å². The molecular weight excluding hydrogens is 1040 g/mol. The van der Waals surface area contributed by atoms with Gasteiger partial charge in [-0.25, -0.2) is 0 Å². The lowest BCUT2D eigenvalue weighted by molar-refractivity contribution is -0.118. The average Bonchev–Trinajstić information content (AvgIpc) is 3.47. The molecule has 0 spiro atoms. The number of hydrogen-bond donors (Lipinski definition) is 14. The molecule has 4 aromatic rings. The first-order valence-electron chi connectivity index (χ1n) is 24.9. The summed E-state index contributed by atoms with van der Waals surface area (Å²) in [5, 5.41) is 19.1. The molecule has 28 nitrogen and oxygen atoms in total. The van der Waals surface area contributed by atoms with Crippen molar-refractivity contribution in [2.24, 2.45) is 55.1 Å². The Morgan fingerprint density at radius 1 is 0.425 bits per heavy atom. The second kappa shape index (κ2) is 31.4. The number of amides is 7. The van der Waals surface area contributed by atoms with Gasteiger partial charge in [-0.2, -0.15) is 0 Å². The molecule has 4 atom stereocenters. The number of hydrogen-bond acceptors (Lipinski definition) is 15. The largest absolute Gasteiger partial charge is 0.497 e. The highest BCUT2D eigenvalue weighted by atomic mass is 16.5. The molecule has 0 aliphatic heterocycles. The molecule has 80 heavy (non-hydrogen) atoms. The molecule has 28 heteroatoms. The maximum absolute atomic E-state index is 14.3. The van der Waals surface area contributed by atoms with E-state index in [4.69, 9.17) is 59.1 Å². The molecule has 430 valence electrons. The van der Waals surface area contributed by atoms with Crippen LogP contribution in [0.4, 0.5) is 22.7 Å². The predicted molar refractivity (Wildman–Crippen MR) is 304 cm³/mol. The van der Waals surface area contributed by atoms with Gasteiger partial charge in [0.25, 0.3) is 17.7 Å². The third-order valence-electron chi connectivity index (χ3n) is 11.6. The minimum atomic E-state index is -1.28. The molecule has 0 bridgehead atoms. The van der Waals surface area contributed by atoms with Gasteiger partial charge >= 0.3 is 0 Å². The number of nitrogens with two attached hydrogens (primary N) is 7. The smallest absolute Gasteiger partial charge is 0.255 e. The van der Waals surface area contributed by atoms with Gasteiger partial charge in [-0.3, -0.25) is 48.5 Å². The fourth-order valence-corrected chi connectivity index (χ4v) is 7.53. The molecule has 0 heterocycles. The lowest BCUT2D eigenvalue weighted by atomic mass is 10.1. The molecule has 0 saturated carbocycles. The third kappa shape index (κ3) is 19.9. The molecule has 21 N–H and O–H groups in total. The molecule has 0 unspecified atom stereocenters. The van der Waals surface area contributed by atoms with Gasteiger partial charge in [-0.1, -0.05) is 0 Å². The molecule has 4 rings (SSSR count). The zero-order chi connectivity index (χ0) is 58.9. The second-order valence-corrected chi connectivity index (χ2v) is 17.6. The summed E-state index contributed by atoms with van der Waals surface area (Å²) in [7, 11) is 5.51. The van der Waals surface area contributed by atoms with Crippen LogP contribution >= 0.6 is 0 Å². The number of methoxy groups -OCH3 is 4. The minimum Gasteiger partial charge on any atom is -0.497 e. The zero-order valence-electron chi connectivity index (χ0n) is 45.1. The fourth-order valence-electron chi connectivity index (χ4n) is 7.53. The summed E-state index contributed by atoms with van der Waals surface area (Å²) < 4.78 is 21.6. The van der Waals surface area contributed by atoms with E-state index in [2.05, 4.69) is 52.2 Å². The second-order valence-electron chi connectivity index (χ2n) is 17.6. The van der Waals surface area contributed by atoms with E-state index in [1.165, 1.54) is 90.0 Å². The molecule has 4 aromatic carbocycles. The highest BCUT2D eigenvalue weighted by Crippen LogP contribution is 2.27. The van der Waals surface area contributed by atoms with Crippen molar-refractivity contribution in [3.63, 3.8) is 0 Å². The Morgan fingerprint density at radius 3 is 0.988 bits per heavy atom. The standard InChI is InChI=1S/C52H71N17O11/c1-28(53)43(70)64-30-14-19-40(78-3)34(25-30)44(71)68-38(10-7-23-61-51(56)57)48(75)66-32-16-21-42(80-5)36(27-32)46(73)69-39(11-8-24-62-52(58)59)49(76)65-31-15-20-41(79-4)35(26-31)45(72)67-37(9-6-22-60-50(54)55)47(74)63-29-12-17-33(77-2)18-13-29/h12-21,25-28,37-39H,6-11,22-24,53H2,1-5H3,(H,63,74)(H,64,70)(H,65,76)(H,66,75)(H,67,72)(H,68,71)(H,69,73)(H4,54,55,60)(H4,56,57,61)(H4,58,59,62)/t28-,37-,38-,39-/m1/s1. The summed E-state index contributed by atoms with van der Waals surface area (Å²) in [6.45, 7) is 1.87. The predicted octanol–water partition coefficient (Wildman–Crippen LogP) is 0.379. The van der Waals surface area contributed by atoms with Crippen LogP contribution in [0.15, 0.2) is 93.8 Å². The van der Waals surface area contributed by atoms with Crippen LogP contribution in [0.1, 0.15) is 76.5 Å². The van der Waals surface area contributed by atoms with Gasteiger partial charge in [0.15, 0.2) is 17.9 Å². The van der Waals surface area contributed by atoms with E-state index >= 15 is 0 Å². The van der Waals surface area contributed by atoms with Crippen LogP contribution in [-0.4, -0.2) is 131 Å². The van der Waals surface area contributed by atoms with Crippen LogP contribution in [0, 0.1) is 0 Å². The van der Waals surface area contributed by atoms with Crippen LogP contribution in [-0.2, 0) is 19.2 Å². The first-order chi connectivity index (χ1) is 38.2. The Labute approximate surface area is 461 Å². The van der Waals surface area contributed by atoms with Crippen molar-refractivity contribution < 1.29 is 52.5 Å². The maximum atomic E-state index is 14.3. The molecular formula is C52H71N17O11. The number of nitrogens with one attached hydrogen (secondary N) is 7. The number of nitrogens with zero attached hydrogens (tertiary/aromatic N) is 3. The summed E-state index contributed by atoms with van der Waals surface area (Å²) in [5.41, 5.74) is 39.5. The Hall–Kier alpha value is -9.86. The lowest BCUT2D eigenvalue weighted by Gasteiger charge is -2.21. The van der Waals surface area contributed by atoms with Crippen LogP contribution in [0.2, 0.25) is 0 Å². The summed E-state index contributed by atoms with van der Waals surface area (Å²) in [6, 6.07) is 14.9. The maximum Gasteiger partial charge on any atom is 0.255 e. The highest BCUT2D eigenvalue weighted by Gasteiger charge is 2.28. The van der Waals surface area contributed by atoms with Crippen LogP contribution < -0.4 is 96.3 Å². The van der Waals surface area contributed by atoms with Gasteiger partial charge in [0.1, 0.15) is 41.1 Å². The third-order valence-corrected chi connectivity index (χ3v) is 11.6. The van der Waals surface area contributed by atoms with Gasteiger partial charge in [0.2, 0.25) is 23.6 Å². The van der Waals surface area contributed by atoms with Crippen LogP contribution in [0.5, 0.6) is 23.0 Å². The Morgan fingerprint density at radius 2 is 0.713 bits per heavy atom. The molecule has 0 saturated heterocycles. The van der Waals surface area contributed by atoms with E-state index < -0.39 is 65.5 Å². The van der Waals surface area contributed by atoms with Gasteiger partial charge in [-0.05, 0) is 124 Å². The van der Waals surface area contributed by atoms with E-state index in [-0.39, 0.29) is 121 Å². The lowest BCUT2D eigenvalue weighted by Crippen LogP contribution is -2.44. The minimum absolute atomic E-state index is 0.00509. The van der Waals surface area contributed by atoms with Crippen molar-refractivity contribution in [1.82, 2.24) is 16.0 Å². The number of guanidine groups is 3. The average molecular weight is 1110 g/mol. The van der Waals surface area contributed by atoms with Crippen molar-refractivity contribution in [3.8, 4) is 23.0 Å². The SMILES string of the molecule is COc1ccc(NC(=O)[C@@H](CCCN=C(N)N)NC(=O)c2cc(NC(=O)[C@@H](CCCN=C(N)N)NC(=O)c3cc(NC(=O)[C@@H](CCCN=C(N)N)NC(=O)c4cc(NC(=O)[C@@H](C)N)ccc4OC)ccc3OC)ccc2OC)cc1. The monoisotopic (exact) mass is 1110 g/mol. The molecule has 7 amide bonds. The number of rotatable bonds is 30. The number of aliphatic imine (C=N–C) groups is 3. The van der Waals surface area contributed by atoms with Gasteiger partial charge in [-0.15, -0.1) is 0 Å². The molecule has 0 aliphatic carbocycles. The number of anilines is 4. The van der Waals surface area contributed by atoms with Crippen molar-refractivity contribution in [1.29, 1.82) is 0 Å². The first kappa shape index (κ1) is 62.7. The number of benzene rings is 4. The Balaban J connectivity index is 1.60. The van der Waals surface area contributed by atoms with E-state index in [1.54, 1.807) is 24.3 Å². The van der Waals surface area contributed by atoms with Crippen molar-refractivity contribution >= 4 is 82.0 Å². The van der Waals surface area contributed by atoms with Crippen molar-refractivity contribution in [2.75, 3.05) is 69.3 Å². The summed E-state index contributed by atoms with van der Waals surface area (Å²) in [4.78, 5) is 108. The Bertz CT molecular complexity index is 2900. The van der Waals surface area contributed by atoms with Crippen LogP contribution in [0.25, 0.3) is 0 Å². The summed E-state index contributed by atoms with van der Waals surface area (Å²) in [5.74, 6) is -4.39. The van der Waals surface area contributed by atoms with Crippen LogP contribution in [0.3, 0.4) is 0 Å². The number of carbonyl (C=O) groups excluding carboxylic acids is 7. The highest BCUT2D eigenvalue weighted by molar-refractivity contribution is 6.07. The van der Waals surface area contributed by atoms with Gasteiger partial charge in [0, 0.05) is 42.4 Å². The van der Waals surface area contributed by atoms with Crippen molar-refractivity contribution in [3.05, 3.63) is 95.6 Å². The summed E-state index contributed by atoms with van der Waals surface area (Å²) in [6.07, 6.45) is 0.897. The van der Waals surface area contributed by atoms with E-state index in [1.807, 2.05) is 0 Å². The number of carbonyl (C=O) groups is 7. The van der Waals surface area contributed by atoms with E-state index in [0.29, 0.717) is 17.9 Å². The normalized spacial score (nSPS) is 12.0. The first-order valence-corrected chi connectivity index (χ1v) is 24.9. The summed E-state index contributed by atoms with van der Waals surface area (Å²) >= 11 is 0. The molecule has 0 aromatic heterocycles. The van der Waals surface area contributed by atoms with E-state index in [9.17, 15) is 33.6 Å². The molecule has 0 radical (unpaired) electrons. The number of ether oxygens (including phenoxy) is 4. The van der Waals surface area contributed by atoms with Crippen molar-refractivity contribution in [2.45, 2.75) is 69.6 Å². The molecule has 0 aliphatic rings. The van der Waals surface area contributed by atoms with E-state index in [0.717, 1.165) is 0 Å². The van der Waals surface area contributed by atoms with Gasteiger partial charge in [0.05, 0.1) is 51.2 Å². The zero-order valence-corrected chi connectivity index (χ0v) is 45.1. The quantitative estimate of drug-likeness (QED) is 0.0191. The van der Waals surface area contributed by atoms with Gasteiger partial charge < -0.3 is 96.3 Å².